The lowest BCUT2D eigenvalue weighted by molar-refractivity contribution is -0.612. The van der Waals surface area contributed by atoms with E-state index in [2.05, 4.69) is 57.2 Å². The summed E-state index contributed by atoms with van der Waals surface area (Å²) in [5, 5.41) is 17.0. The fourth-order valence-corrected chi connectivity index (χ4v) is 7.30. The van der Waals surface area contributed by atoms with Gasteiger partial charge >= 0.3 is 0 Å². The van der Waals surface area contributed by atoms with E-state index >= 15 is 0 Å². The molecule has 13 heteroatoms. The quantitative estimate of drug-likeness (QED) is 0.0929. The molecule has 10 nitrogen and oxygen atoms in total. The second-order valence-electron chi connectivity index (χ2n) is 12.6. The van der Waals surface area contributed by atoms with Gasteiger partial charge in [-0.05, 0) is 113 Å². The Kier molecular flexibility index (Phi) is 12.7. The molecule has 1 aromatic heterocycles. The highest BCUT2D eigenvalue weighted by Gasteiger charge is 2.40. The molecule has 0 atom stereocenters. The molecule has 48 heavy (non-hydrogen) atoms. The van der Waals surface area contributed by atoms with Crippen LogP contribution in [0.25, 0.3) is 0 Å². The van der Waals surface area contributed by atoms with Gasteiger partial charge in [-0.1, -0.05) is 44.8 Å². The number of rotatable bonds is 7. The van der Waals surface area contributed by atoms with Gasteiger partial charge in [0, 0.05) is 47.0 Å². The second-order valence-corrected chi connectivity index (χ2v) is 15.4. The van der Waals surface area contributed by atoms with Crippen LogP contribution in [0, 0.1) is 31.9 Å². The van der Waals surface area contributed by atoms with Gasteiger partial charge in [0.25, 0.3) is 16.0 Å². The SMILES string of the molecule is CCO/N=C(/c1ccc(Br)cc1)C1CCN(C2(C)CCN(C(=O)c3c(C)cc[n+]([O-])c3C)CC2)CC1.Cc1cc(S(=O)(=O)O)ccc1Cl. The fraction of sp³-hybridized carbons (Fsp3) is 0.457. The van der Waals surface area contributed by atoms with Crippen LogP contribution in [0.5, 0.6) is 0 Å². The molecule has 260 valence electrons. The summed E-state index contributed by atoms with van der Waals surface area (Å²) in [5.41, 5.74) is 4.72. The van der Waals surface area contributed by atoms with Crippen LogP contribution in [-0.2, 0) is 15.0 Å². The molecule has 3 heterocycles. The number of hydrogen-bond acceptors (Lipinski definition) is 7. The lowest BCUT2D eigenvalue weighted by Crippen LogP contribution is -2.57. The maximum absolute atomic E-state index is 13.3. The number of aryl methyl sites for hydroxylation is 2. The van der Waals surface area contributed by atoms with Crippen LogP contribution in [0.4, 0.5) is 0 Å². The molecule has 0 aliphatic carbocycles. The zero-order valence-electron chi connectivity index (χ0n) is 28.1. The molecule has 1 amide bonds. The first-order chi connectivity index (χ1) is 22.6. The molecule has 2 aromatic carbocycles. The first kappa shape index (κ1) is 37.8. The van der Waals surface area contributed by atoms with Crippen LogP contribution in [0.15, 0.2) is 69.3 Å². The molecular weight excluding hydrogens is 720 g/mol. The maximum Gasteiger partial charge on any atom is 0.294 e. The summed E-state index contributed by atoms with van der Waals surface area (Å²) in [4.78, 5) is 23.2. The van der Waals surface area contributed by atoms with Gasteiger partial charge in [0.15, 0.2) is 6.20 Å². The van der Waals surface area contributed by atoms with E-state index in [1.165, 1.54) is 24.4 Å². The van der Waals surface area contributed by atoms with E-state index in [0.29, 0.717) is 47.5 Å². The molecule has 0 spiro atoms. The van der Waals surface area contributed by atoms with Crippen molar-refractivity contribution in [3.8, 4) is 0 Å². The van der Waals surface area contributed by atoms with Crippen molar-refractivity contribution in [3.63, 3.8) is 0 Å². The number of likely N-dealkylation sites (tertiary alicyclic amines) is 2. The third-order valence-electron chi connectivity index (χ3n) is 9.39. The van der Waals surface area contributed by atoms with Crippen molar-refractivity contribution >= 4 is 49.3 Å². The number of aromatic nitrogens is 1. The Morgan fingerprint density at radius 2 is 1.69 bits per heavy atom. The minimum Gasteiger partial charge on any atom is -0.618 e. The summed E-state index contributed by atoms with van der Waals surface area (Å²) >= 11 is 9.17. The third kappa shape index (κ3) is 9.15. The van der Waals surface area contributed by atoms with E-state index in [4.69, 9.17) is 21.0 Å². The van der Waals surface area contributed by atoms with Crippen LogP contribution in [0.3, 0.4) is 0 Å². The molecule has 2 aliphatic rings. The van der Waals surface area contributed by atoms with Crippen LogP contribution in [-0.4, -0.2) is 72.7 Å². The number of pyridine rings is 1. The average Bonchev–Trinajstić information content (AvgIpc) is 3.05. The third-order valence-corrected chi connectivity index (χ3v) is 11.2. The number of hydrogen-bond donors (Lipinski definition) is 1. The van der Waals surface area contributed by atoms with Crippen molar-refractivity contribution in [3.05, 3.63) is 97.4 Å². The van der Waals surface area contributed by atoms with E-state index in [9.17, 15) is 18.4 Å². The number of carbonyl (C=O) groups is 1. The summed E-state index contributed by atoms with van der Waals surface area (Å²) in [6.45, 7) is 13.6. The highest BCUT2D eigenvalue weighted by molar-refractivity contribution is 9.10. The molecule has 1 N–H and O–H groups in total. The monoisotopic (exact) mass is 762 g/mol. The van der Waals surface area contributed by atoms with Gasteiger partial charge in [0.05, 0.1) is 10.6 Å². The van der Waals surface area contributed by atoms with Crippen molar-refractivity contribution in [1.82, 2.24) is 9.80 Å². The molecule has 0 bridgehead atoms. The normalized spacial score (nSPS) is 17.4. The zero-order valence-corrected chi connectivity index (χ0v) is 31.2. The lowest BCUT2D eigenvalue weighted by Gasteiger charge is -2.49. The van der Waals surface area contributed by atoms with Crippen molar-refractivity contribution in [2.45, 2.75) is 70.7 Å². The first-order valence-corrected chi connectivity index (χ1v) is 18.7. The number of piperidine rings is 2. The Hall–Kier alpha value is -3.03. The van der Waals surface area contributed by atoms with Crippen LogP contribution >= 0.6 is 27.5 Å². The minimum absolute atomic E-state index is 0.0257. The van der Waals surface area contributed by atoms with Crippen molar-refractivity contribution in [2.75, 3.05) is 32.8 Å². The Morgan fingerprint density at radius 3 is 2.25 bits per heavy atom. The fourth-order valence-electron chi connectivity index (χ4n) is 6.35. The number of carbonyl (C=O) groups excluding carboxylic acids is 1. The Balaban J connectivity index is 0.000000365. The van der Waals surface area contributed by atoms with E-state index in [1.807, 2.05) is 18.7 Å². The second kappa shape index (κ2) is 16.1. The van der Waals surface area contributed by atoms with Gasteiger partial charge in [-0.15, -0.1) is 0 Å². The summed E-state index contributed by atoms with van der Waals surface area (Å²) in [5.74, 6) is 0.337. The minimum atomic E-state index is -4.10. The average molecular weight is 764 g/mol. The van der Waals surface area contributed by atoms with Gasteiger partial charge in [-0.2, -0.15) is 13.1 Å². The smallest absolute Gasteiger partial charge is 0.294 e. The van der Waals surface area contributed by atoms with Crippen molar-refractivity contribution < 1.29 is 27.3 Å². The lowest BCUT2D eigenvalue weighted by atomic mass is 9.82. The largest absolute Gasteiger partial charge is 0.618 e. The van der Waals surface area contributed by atoms with Crippen LogP contribution in [0.1, 0.15) is 72.3 Å². The van der Waals surface area contributed by atoms with Crippen molar-refractivity contribution in [2.24, 2.45) is 11.1 Å². The molecule has 0 unspecified atom stereocenters. The van der Waals surface area contributed by atoms with Crippen molar-refractivity contribution in [1.29, 1.82) is 0 Å². The Morgan fingerprint density at radius 1 is 1.06 bits per heavy atom. The maximum atomic E-state index is 13.3. The molecule has 2 saturated heterocycles. The summed E-state index contributed by atoms with van der Waals surface area (Å²) in [6, 6.07) is 14.0. The van der Waals surface area contributed by atoms with Gasteiger partial charge < -0.3 is 14.9 Å². The molecule has 2 fully saturated rings. The zero-order chi connectivity index (χ0) is 35.2. The molecule has 0 saturated carbocycles. The molecule has 5 rings (SSSR count). The van der Waals surface area contributed by atoms with Crippen LogP contribution in [0.2, 0.25) is 5.02 Å². The molecular formula is C35H44BrClN4O6S. The van der Waals surface area contributed by atoms with Crippen LogP contribution < -0.4 is 4.73 Å². The Labute approximate surface area is 297 Å². The standard InChI is InChI=1S/C28H37BrN4O3.C7H7ClO3S/c1-5-36-30-26(22-6-8-24(29)9-7-22)23-11-15-32(16-12-23)28(4)13-18-31(19-14-28)27(34)25-20(2)10-17-33(35)21(25)3;1-5-4-6(12(9,10)11)2-3-7(5)8/h6-10,17,23H,5,11-16,18-19H2,1-4H3;2-4H,1H3,(H,9,10,11)/b30-26-;. The number of oxime groups is 1. The van der Waals surface area contributed by atoms with Gasteiger partial charge in [0.2, 0.25) is 5.69 Å². The van der Waals surface area contributed by atoms with Gasteiger partial charge in [-0.3, -0.25) is 14.2 Å². The highest BCUT2D eigenvalue weighted by atomic mass is 79.9. The van der Waals surface area contributed by atoms with E-state index in [-0.39, 0.29) is 16.3 Å². The number of benzene rings is 2. The van der Waals surface area contributed by atoms with Gasteiger partial charge in [-0.25, -0.2) is 0 Å². The topological polar surface area (TPSA) is 126 Å². The summed E-state index contributed by atoms with van der Waals surface area (Å²) < 4.78 is 31.7. The first-order valence-electron chi connectivity index (χ1n) is 16.1. The number of nitrogens with zero attached hydrogens (tertiary/aromatic N) is 4. The number of amides is 1. The van der Waals surface area contributed by atoms with E-state index < -0.39 is 10.1 Å². The highest BCUT2D eigenvalue weighted by Crippen LogP contribution is 2.34. The Bertz CT molecular complexity index is 1740. The molecule has 2 aliphatic heterocycles. The molecule has 3 aromatic rings. The molecule has 0 radical (unpaired) electrons. The summed E-state index contributed by atoms with van der Waals surface area (Å²) in [6.07, 6.45) is 5.40. The predicted molar refractivity (Wildman–Crippen MR) is 191 cm³/mol. The summed E-state index contributed by atoms with van der Waals surface area (Å²) in [7, 11) is -4.10. The van der Waals surface area contributed by atoms with Gasteiger partial charge in [0.1, 0.15) is 12.2 Å². The number of halogens is 2. The van der Waals surface area contributed by atoms with E-state index in [1.54, 1.807) is 19.9 Å². The predicted octanol–water partition coefficient (Wildman–Crippen LogP) is 6.74. The van der Waals surface area contributed by atoms with E-state index in [0.717, 1.165) is 64.8 Å².